The first kappa shape index (κ1) is 15.9. The standard InChI is InChI=1S/C11H15BrN2O4S/c1-11(2,3)18-10(15)13-14-19(16,17)9-6-4-5-8(12)7-9/h4-7,14H,1-3H3,(H,13,15). The molecule has 0 unspecified atom stereocenters. The molecule has 2 N–H and O–H groups in total. The van der Waals surface area contributed by atoms with Crippen molar-refractivity contribution in [1.82, 2.24) is 10.3 Å². The van der Waals surface area contributed by atoms with Crippen LogP contribution in [-0.4, -0.2) is 20.1 Å². The molecule has 0 saturated carbocycles. The average Bonchev–Trinajstić information content (AvgIpc) is 2.24. The van der Waals surface area contributed by atoms with Crippen LogP contribution >= 0.6 is 15.9 Å². The molecule has 1 aromatic rings. The van der Waals surface area contributed by atoms with Gasteiger partial charge in [-0.2, -0.15) is 0 Å². The van der Waals surface area contributed by atoms with Crippen LogP contribution in [0, 0.1) is 0 Å². The molecule has 1 aromatic carbocycles. The Morgan fingerprint density at radius 1 is 1.32 bits per heavy atom. The molecule has 0 atom stereocenters. The van der Waals surface area contributed by atoms with E-state index in [0.29, 0.717) is 4.47 Å². The minimum absolute atomic E-state index is 0.0259. The van der Waals surface area contributed by atoms with Crippen LogP contribution in [0.4, 0.5) is 4.79 Å². The van der Waals surface area contributed by atoms with E-state index in [4.69, 9.17) is 4.74 Å². The fourth-order valence-electron chi connectivity index (χ4n) is 1.11. The number of rotatable bonds is 3. The van der Waals surface area contributed by atoms with Crippen LogP contribution in [-0.2, 0) is 14.8 Å². The van der Waals surface area contributed by atoms with Gasteiger partial charge in [-0.1, -0.05) is 22.0 Å². The number of benzene rings is 1. The first-order valence-electron chi connectivity index (χ1n) is 5.36. The predicted octanol–water partition coefficient (Wildman–Crippen LogP) is 2.17. The molecule has 1 amide bonds. The summed E-state index contributed by atoms with van der Waals surface area (Å²) in [4.78, 5) is 13.3. The third-order valence-corrected chi connectivity index (χ3v) is 3.53. The lowest BCUT2D eigenvalue weighted by Crippen LogP contribution is -2.44. The normalized spacial score (nSPS) is 12.0. The number of nitrogens with one attached hydrogen (secondary N) is 2. The lowest BCUT2D eigenvalue weighted by molar-refractivity contribution is 0.0515. The van der Waals surface area contributed by atoms with Crippen molar-refractivity contribution in [3.63, 3.8) is 0 Å². The van der Waals surface area contributed by atoms with Crippen LogP contribution in [0.2, 0.25) is 0 Å². The highest BCUT2D eigenvalue weighted by Crippen LogP contribution is 2.15. The van der Waals surface area contributed by atoms with Crippen molar-refractivity contribution in [2.45, 2.75) is 31.3 Å². The van der Waals surface area contributed by atoms with E-state index in [-0.39, 0.29) is 4.90 Å². The van der Waals surface area contributed by atoms with Crippen LogP contribution in [0.15, 0.2) is 33.6 Å². The van der Waals surface area contributed by atoms with E-state index in [0.717, 1.165) is 0 Å². The fraction of sp³-hybridized carbons (Fsp3) is 0.364. The van der Waals surface area contributed by atoms with Crippen molar-refractivity contribution in [3.05, 3.63) is 28.7 Å². The number of hydrazine groups is 1. The van der Waals surface area contributed by atoms with Gasteiger partial charge in [0.15, 0.2) is 0 Å². The molecule has 0 aromatic heterocycles. The van der Waals surface area contributed by atoms with Crippen molar-refractivity contribution >= 4 is 32.0 Å². The summed E-state index contributed by atoms with van der Waals surface area (Å²) in [6, 6.07) is 6.09. The maximum atomic E-state index is 11.9. The highest BCUT2D eigenvalue weighted by atomic mass is 79.9. The zero-order valence-electron chi connectivity index (χ0n) is 10.7. The smallest absolute Gasteiger partial charge is 0.423 e. The van der Waals surface area contributed by atoms with Gasteiger partial charge in [0, 0.05) is 4.47 Å². The summed E-state index contributed by atoms with van der Waals surface area (Å²) in [7, 11) is -3.83. The van der Waals surface area contributed by atoms with E-state index >= 15 is 0 Å². The number of sulfonamides is 1. The molecule has 0 spiro atoms. The molecule has 6 nitrogen and oxygen atoms in total. The molecule has 19 heavy (non-hydrogen) atoms. The van der Waals surface area contributed by atoms with Crippen molar-refractivity contribution in [1.29, 1.82) is 0 Å². The Labute approximate surface area is 120 Å². The number of carbonyl (C=O) groups is 1. The van der Waals surface area contributed by atoms with Gasteiger partial charge in [0.2, 0.25) is 0 Å². The maximum Gasteiger partial charge on any atom is 0.423 e. The molecule has 0 heterocycles. The number of carbonyl (C=O) groups excluding carboxylic acids is 1. The Morgan fingerprint density at radius 2 is 1.95 bits per heavy atom. The minimum Gasteiger partial charge on any atom is -0.443 e. The third-order valence-electron chi connectivity index (χ3n) is 1.79. The third kappa shape index (κ3) is 5.58. The van der Waals surface area contributed by atoms with Gasteiger partial charge in [-0.15, -0.1) is 4.83 Å². The Balaban J connectivity index is 2.69. The van der Waals surface area contributed by atoms with E-state index < -0.39 is 21.7 Å². The zero-order chi connectivity index (χ0) is 14.7. The molecule has 0 aliphatic rings. The Morgan fingerprint density at radius 3 is 2.47 bits per heavy atom. The van der Waals surface area contributed by atoms with Crippen LogP contribution in [0.5, 0.6) is 0 Å². The molecule has 0 aliphatic carbocycles. The highest BCUT2D eigenvalue weighted by Gasteiger charge is 2.19. The van der Waals surface area contributed by atoms with E-state index in [1.807, 2.05) is 10.3 Å². The number of amides is 1. The molecular weight excluding hydrogens is 336 g/mol. The topological polar surface area (TPSA) is 84.5 Å². The Bertz CT molecular complexity index is 566. The van der Waals surface area contributed by atoms with Crippen molar-refractivity contribution < 1.29 is 17.9 Å². The zero-order valence-corrected chi connectivity index (χ0v) is 13.1. The summed E-state index contributed by atoms with van der Waals surface area (Å²) in [5.41, 5.74) is 1.28. The SMILES string of the molecule is CC(C)(C)OC(=O)NNS(=O)(=O)c1cccc(Br)c1. The molecule has 8 heteroatoms. The Kier molecular flexibility index (Phi) is 4.94. The van der Waals surface area contributed by atoms with Gasteiger partial charge in [-0.25, -0.2) is 18.6 Å². The molecule has 0 radical (unpaired) electrons. The van der Waals surface area contributed by atoms with Gasteiger partial charge in [0.1, 0.15) is 5.60 Å². The van der Waals surface area contributed by atoms with E-state index in [2.05, 4.69) is 15.9 Å². The van der Waals surface area contributed by atoms with Gasteiger partial charge in [-0.3, -0.25) is 0 Å². The second-order valence-corrected chi connectivity index (χ2v) is 7.29. The second-order valence-electron chi connectivity index (χ2n) is 4.69. The average molecular weight is 351 g/mol. The van der Waals surface area contributed by atoms with Crippen LogP contribution in [0.3, 0.4) is 0 Å². The van der Waals surface area contributed by atoms with E-state index in [1.54, 1.807) is 32.9 Å². The number of ether oxygens (including phenoxy) is 1. The van der Waals surface area contributed by atoms with Gasteiger partial charge in [0.05, 0.1) is 4.90 Å². The quantitative estimate of drug-likeness (QED) is 0.818. The van der Waals surface area contributed by atoms with Crippen LogP contribution in [0.1, 0.15) is 20.8 Å². The summed E-state index contributed by atoms with van der Waals surface area (Å²) >= 11 is 3.17. The van der Waals surface area contributed by atoms with E-state index in [1.165, 1.54) is 12.1 Å². The molecule has 106 valence electrons. The summed E-state index contributed by atoms with van der Waals surface area (Å²) in [5.74, 6) is 0. The highest BCUT2D eigenvalue weighted by molar-refractivity contribution is 9.10. The molecule has 0 fully saturated rings. The van der Waals surface area contributed by atoms with Crippen molar-refractivity contribution in [3.8, 4) is 0 Å². The van der Waals surface area contributed by atoms with Gasteiger partial charge in [0.25, 0.3) is 10.0 Å². The van der Waals surface area contributed by atoms with Crippen LogP contribution in [0.25, 0.3) is 0 Å². The second kappa shape index (κ2) is 5.89. The lowest BCUT2D eigenvalue weighted by atomic mass is 10.2. The lowest BCUT2D eigenvalue weighted by Gasteiger charge is -2.19. The summed E-state index contributed by atoms with van der Waals surface area (Å²) in [6.45, 7) is 5.03. The maximum absolute atomic E-state index is 11.9. The summed E-state index contributed by atoms with van der Waals surface area (Å²) in [5, 5.41) is 0. The monoisotopic (exact) mass is 350 g/mol. The van der Waals surface area contributed by atoms with E-state index in [9.17, 15) is 13.2 Å². The molecule has 0 bridgehead atoms. The first-order chi connectivity index (χ1) is 8.60. The minimum atomic E-state index is -3.83. The predicted molar refractivity (Wildman–Crippen MR) is 73.8 cm³/mol. The van der Waals surface area contributed by atoms with Gasteiger partial charge < -0.3 is 4.74 Å². The Hall–Kier alpha value is -1.12. The van der Waals surface area contributed by atoms with Crippen LogP contribution < -0.4 is 10.3 Å². The molecule has 1 rings (SSSR count). The first-order valence-corrected chi connectivity index (χ1v) is 7.64. The summed E-state index contributed by atoms with van der Waals surface area (Å²) in [6.07, 6.45) is -0.869. The van der Waals surface area contributed by atoms with Crippen molar-refractivity contribution in [2.24, 2.45) is 0 Å². The number of halogens is 1. The molecular formula is C11H15BrN2O4S. The largest absolute Gasteiger partial charge is 0.443 e. The molecule has 0 saturated heterocycles. The number of hydrogen-bond donors (Lipinski definition) is 2. The van der Waals surface area contributed by atoms with Gasteiger partial charge >= 0.3 is 6.09 Å². The number of hydrogen-bond acceptors (Lipinski definition) is 4. The van der Waals surface area contributed by atoms with Gasteiger partial charge in [-0.05, 0) is 39.0 Å². The molecule has 0 aliphatic heterocycles. The summed E-state index contributed by atoms with van der Waals surface area (Å²) < 4.78 is 29.2. The fourth-order valence-corrected chi connectivity index (χ4v) is 2.53. The van der Waals surface area contributed by atoms with Crippen molar-refractivity contribution in [2.75, 3.05) is 0 Å².